The van der Waals surface area contributed by atoms with Gasteiger partial charge in [0.2, 0.25) is 17.7 Å². The number of anilines is 1. The number of alkyl halides is 3. The number of imide groups is 1. The number of carboxylic acid groups (broad SMARTS) is 1. The average molecular weight is 496 g/mol. The molecule has 3 N–H and O–H groups in total. The number of carbonyl (C=O) groups excluding carboxylic acids is 4. The molecule has 2 aliphatic heterocycles. The van der Waals surface area contributed by atoms with Crippen LogP contribution in [-0.4, -0.2) is 76.9 Å². The monoisotopic (exact) mass is 496 g/mol. The Kier molecular flexibility index (Phi) is 8.96. The Hall–Kier alpha value is -3.92. The van der Waals surface area contributed by atoms with E-state index in [4.69, 9.17) is 16.3 Å². The molecule has 3 rings (SSSR count). The van der Waals surface area contributed by atoms with Crippen molar-refractivity contribution >= 4 is 35.3 Å². The smallest absolute Gasteiger partial charge is 0.475 e. The number of rotatable bonds is 6. The van der Waals surface area contributed by atoms with Gasteiger partial charge in [0, 0.05) is 42.7 Å². The average Bonchev–Trinajstić information content (AvgIpc) is 3.10. The van der Waals surface area contributed by atoms with Gasteiger partial charge in [0.05, 0.1) is 6.54 Å². The minimum Gasteiger partial charge on any atom is -0.475 e. The van der Waals surface area contributed by atoms with Crippen molar-refractivity contribution in [1.82, 2.24) is 15.1 Å². The van der Waals surface area contributed by atoms with Crippen LogP contribution in [0, 0.1) is 12.3 Å². The van der Waals surface area contributed by atoms with Crippen LogP contribution in [0.5, 0.6) is 0 Å². The summed E-state index contributed by atoms with van der Waals surface area (Å²) in [5, 5.41) is 12.3. The zero-order valence-corrected chi connectivity index (χ0v) is 18.6. The van der Waals surface area contributed by atoms with Gasteiger partial charge in [-0.25, -0.2) is 4.79 Å². The van der Waals surface area contributed by atoms with Crippen molar-refractivity contribution in [3.8, 4) is 12.3 Å². The number of nitrogens with one attached hydrogen (secondary N) is 2. The van der Waals surface area contributed by atoms with Crippen LogP contribution in [0.1, 0.15) is 35.2 Å². The highest BCUT2D eigenvalue weighted by molar-refractivity contribution is 6.06. The third-order valence-corrected chi connectivity index (χ3v) is 5.18. The van der Waals surface area contributed by atoms with Gasteiger partial charge in [0.15, 0.2) is 0 Å². The third kappa shape index (κ3) is 7.28. The number of piperidine rings is 1. The number of amides is 4. The van der Waals surface area contributed by atoms with E-state index >= 15 is 0 Å². The molecule has 35 heavy (non-hydrogen) atoms. The Labute approximate surface area is 198 Å². The van der Waals surface area contributed by atoms with Crippen molar-refractivity contribution in [2.24, 2.45) is 0 Å². The van der Waals surface area contributed by atoms with Crippen molar-refractivity contribution < 1.29 is 42.3 Å². The van der Waals surface area contributed by atoms with Gasteiger partial charge in [0.1, 0.15) is 6.04 Å². The van der Waals surface area contributed by atoms with Crippen LogP contribution in [-0.2, 0) is 25.7 Å². The topological polar surface area (TPSA) is 136 Å². The van der Waals surface area contributed by atoms with E-state index in [0.29, 0.717) is 36.3 Å². The predicted molar refractivity (Wildman–Crippen MR) is 116 cm³/mol. The van der Waals surface area contributed by atoms with Crippen molar-refractivity contribution in [2.75, 3.05) is 25.5 Å². The molecule has 0 spiro atoms. The van der Waals surface area contributed by atoms with E-state index in [2.05, 4.69) is 16.6 Å². The second-order valence-electron chi connectivity index (χ2n) is 7.77. The van der Waals surface area contributed by atoms with Gasteiger partial charge in [-0.3, -0.25) is 29.4 Å². The van der Waals surface area contributed by atoms with Crippen LogP contribution in [0.4, 0.5) is 18.9 Å². The molecule has 0 saturated carbocycles. The Balaban J connectivity index is 0.000000540. The van der Waals surface area contributed by atoms with Crippen LogP contribution in [0.15, 0.2) is 18.2 Å². The van der Waals surface area contributed by atoms with Crippen LogP contribution in [0.2, 0.25) is 0 Å². The molecule has 10 nitrogen and oxygen atoms in total. The second-order valence-corrected chi connectivity index (χ2v) is 7.77. The van der Waals surface area contributed by atoms with Crippen molar-refractivity contribution in [3.63, 3.8) is 0 Å². The van der Waals surface area contributed by atoms with E-state index in [1.54, 1.807) is 18.2 Å². The van der Waals surface area contributed by atoms with Crippen molar-refractivity contribution in [1.29, 1.82) is 0 Å². The summed E-state index contributed by atoms with van der Waals surface area (Å²) in [6.45, 7) is 1.20. The van der Waals surface area contributed by atoms with E-state index in [1.807, 2.05) is 11.9 Å². The molecular weight excluding hydrogens is 473 g/mol. The van der Waals surface area contributed by atoms with Gasteiger partial charge >= 0.3 is 12.1 Å². The largest absolute Gasteiger partial charge is 0.490 e. The molecule has 2 heterocycles. The molecule has 1 aromatic rings. The highest BCUT2D eigenvalue weighted by atomic mass is 19.4. The number of hydrogen-bond donors (Lipinski definition) is 3. The minimum absolute atomic E-state index is 0.177. The SMILES string of the molecule is C#CCN(C)CCC(=O)Nc1cccc2c1CN(C1CCC(=O)NC1=O)C2=O.O=C(O)C(F)(F)F. The minimum atomic E-state index is -5.08. The number of carbonyl (C=O) groups is 5. The molecule has 1 fully saturated rings. The number of aliphatic carboxylic acids is 1. The summed E-state index contributed by atoms with van der Waals surface area (Å²) in [4.78, 5) is 60.8. The quantitative estimate of drug-likeness (QED) is 0.395. The first-order valence-corrected chi connectivity index (χ1v) is 10.3. The molecule has 0 aromatic heterocycles. The molecule has 1 saturated heterocycles. The Bertz CT molecular complexity index is 1070. The molecule has 1 unspecified atom stereocenters. The summed E-state index contributed by atoms with van der Waals surface area (Å²) in [6, 6.07) is 4.44. The summed E-state index contributed by atoms with van der Waals surface area (Å²) >= 11 is 0. The van der Waals surface area contributed by atoms with Crippen LogP contribution < -0.4 is 10.6 Å². The van der Waals surface area contributed by atoms with E-state index in [0.717, 1.165) is 0 Å². The zero-order chi connectivity index (χ0) is 26.3. The summed E-state index contributed by atoms with van der Waals surface area (Å²) in [5.74, 6) is -1.47. The molecule has 1 aromatic carbocycles. The van der Waals surface area contributed by atoms with Crippen LogP contribution in [0.3, 0.4) is 0 Å². The molecule has 188 valence electrons. The Morgan fingerprint density at radius 2 is 1.97 bits per heavy atom. The number of terminal acetylenes is 1. The first kappa shape index (κ1) is 27.3. The fourth-order valence-corrected chi connectivity index (χ4v) is 3.44. The first-order chi connectivity index (χ1) is 16.3. The number of halogens is 3. The summed E-state index contributed by atoms with van der Waals surface area (Å²) in [5.41, 5.74) is 1.71. The number of fused-ring (bicyclic) bond motifs is 1. The Morgan fingerprint density at radius 1 is 1.31 bits per heavy atom. The molecule has 0 aliphatic carbocycles. The van der Waals surface area contributed by atoms with Crippen molar-refractivity contribution in [3.05, 3.63) is 29.3 Å². The molecular formula is C22H23F3N4O6. The lowest BCUT2D eigenvalue weighted by molar-refractivity contribution is -0.192. The van der Waals surface area contributed by atoms with Gasteiger partial charge in [-0.2, -0.15) is 13.2 Å². The number of benzene rings is 1. The molecule has 4 amide bonds. The standard InChI is InChI=1S/C20H22N4O4.C2HF3O2/c1-3-10-23(2)11-9-18(26)21-15-6-4-5-13-14(15)12-24(20(13)28)16-7-8-17(25)22-19(16)27;3-2(4,5)1(6)7/h1,4-6,16H,7-12H2,2H3,(H,21,26)(H,22,25,27);(H,6,7). The number of carboxylic acids is 1. The predicted octanol–water partition coefficient (Wildman–Crippen LogP) is 0.974. The summed E-state index contributed by atoms with van der Waals surface area (Å²) in [6.07, 6.45) is 0.936. The third-order valence-electron chi connectivity index (χ3n) is 5.18. The fraction of sp³-hybridized carbons (Fsp3) is 0.409. The second kappa shape index (κ2) is 11.5. The van der Waals surface area contributed by atoms with Gasteiger partial charge in [0.25, 0.3) is 5.91 Å². The maximum absolute atomic E-state index is 12.8. The fourth-order valence-electron chi connectivity index (χ4n) is 3.44. The maximum Gasteiger partial charge on any atom is 0.490 e. The van der Waals surface area contributed by atoms with E-state index in [9.17, 15) is 32.3 Å². The highest BCUT2D eigenvalue weighted by Crippen LogP contribution is 2.32. The molecule has 2 aliphatic rings. The normalized spacial score (nSPS) is 17.2. The molecule has 1 atom stereocenters. The molecule has 0 radical (unpaired) electrons. The number of nitrogens with zero attached hydrogens (tertiary/aromatic N) is 2. The van der Waals surface area contributed by atoms with Crippen molar-refractivity contribution in [2.45, 2.75) is 38.0 Å². The molecule has 13 heteroatoms. The Morgan fingerprint density at radius 3 is 2.54 bits per heavy atom. The van der Waals surface area contributed by atoms with Gasteiger partial charge < -0.3 is 15.3 Å². The van der Waals surface area contributed by atoms with Gasteiger partial charge in [-0.1, -0.05) is 12.0 Å². The highest BCUT2D eigenvalue weighted by Gasteiger charge is 2.40. The van der Waals surface area contributed by atoms with Crippen LogP contribution in [0.25, 0.3) is 0 Å². The zero-order valence-electron chi connectivity index (χ0n) is 18.6. The van der Waals surface area contributed by atoms with Crippen LogP contribution >= 0.6 is 0 Å². The van der Waals surface area contributed by atoms with E-state index in [-0.39, 0.29) is 37.1 Å². The number of hydrogen-bond acceptors (Lipinski definition) is 6. The van der Waals surface area contributed by atoms with E-state index < -0.39 is 24.1 Å². The first-order valence-electron chi connectivity index (χ1n) is 10.3. The van der Waals surface area contributed by atoms with E-state index in [1.165, 1.54) is 4.90 Å². The molecule has 0 bridgehead atoms. The van der Waals surface area contributed by atoms with Gasteiger partial charge in [-0.15, -0.1) is 6.42 Å². The summed E-state index contributed by atoms with van der Waals surface area (Å²) < 4.78 is 31.7. The van der Waals surface area contributed by atoms with Gasteiger partial charge in [-0.05, 0) is 25.6 Å². The lowest BCUT2D eigenvalue weighted by Crippen LogP contribution is -2.52. The maximum atomic E-state index is 12.8. The lowest BCUT2D eigenvalue weighted by Gasteiger charge is -2.29. The summed E-state index contributed by atoms with van der Waals surface area (Å²) in [7, 11) is 1.84. The lowest BCUT2D eigenvalue weighted by atomic mass is 10.0.